The van der Waals surface area contributed by atoms with E-state index < -0.39 is 0 Å². The molecule has 0 amide bonds. The average molecular weight is 179 g/mol. The van der Waals surface area contributed by atoms with Crippen molar-refractivity contribution in [3.8, 4) is 0 Å². The highest BCUT2D eigenvalue weighted by Gasteiger charge is 2.23. The zero-order chi connectivity index (χ0) is 9.26. The summed E-state index contributed by atoms with van der Waals surface area (Å²) in [5, 5.41) is 0. The third kappa shape index (κ3) is 1.63. The van der Waals surface area contributed by atoms with Gasteiger partial charge in [-0.05, 0) is 25.5 Å². The van der Waals surface area contributed by atoms with Crippen LogP contribution in [-0.4, -0.2) is 18.0 Å². The van der Waals surface area contributed by atoms with Gasteiger partial charge >= 0.3 is 0 Å². The Morgan fingerprint density at radius 1 is 1.46 bits per heavy atom. The van der Waals surface area contributed by atoms with Gasteiger partial charge < -0.3 is 4.42 Å². The van der Waals surface area contributed by atoms with Gasteiger partial charge in [-0.15, -0.1) is 0 Å². The zero-order valence-electron chi connectivity index (χ0n) is 8.42. The van der Waals surface area contributed by atoms with Crippen LogP contribution in [0.1, 0.15) is 37.8 Å². The van der Waals surface area contributed by atoms with E-state index in [0.29, 0.717) is 6.04 Å². The summed E-state index contributed by atoms with van der Waals surface area (Å²) in [5.74, 6) is 2.22. The summed E-state index contributed by atoms with van der Waals surface area (Å²) < 4.78 is 5.71. The normalized spacial score (nSPS) is 19.8. The van der Waals surface area contributed by atoms with Gasteiger partial charge in [0.05, 0.1) is 6.04 Å². The van der Waals surface area contributed by atoms with Crippen molar-refractivity contribution >= 4 is 0 Å². The highest BCUT2D eigenvalue weighted by atomic mass is 16.3. The molecule has 1 saturated heterocycles. The highest BCUT2D eigenvalue weighted by Crippen LogP contribution is 2.26. The number of furan rings is 1. The van der Waals surface area contributed by atoms with E-state index in [1.165, 1.54) is 19.5 Å². The first kappa shape index (κ1) is 8.82. The van der Waals surface area contributed by atoms with Gasteiger partial charge in [0, 0.05) is 19.5 Å². The molecule has 2 heteroatoms. The van der Waals surface area contributed by atoms with Crippen LogP contribution in [0.4, 0.5) is 0 Å². The van der Waals surface area contributed by atoms with Crippen LogP contribution < -0.4 is 0 Å². The second kappa shape index (κ2) is 3.54. The van der Waals surface area contributed by atoms with Gasteiger partial charge in [-0.2, -0.15) is 0 Å². The van der Waals surface area contributed by atoms with Gasteiger partial charge in [0.25, 0.3) is 0 Å². The minimum Gasteiger partial charge on any atom is -0.464 e. The minimum atomic E-state index is 0.467. The monoisotopic (exact) mass is 179 g/mol. The van der Waals surface area contributed by atoms with Gasteiger partial charge in [-0.3, -0.25) is 4.90 Å². The molecule has 0 bridgehead atoms. The van der Waals surface area contributed by atoms with E-state index in [9.17, 15) is 0 Å². The SMILES string of the molecule is CCc1ccc(C(C)N2CCC2)o1. The van der Waals surface area contributed by atoms with Crippen LogP contribution in [0.3, 0.4) is 0 Å². The molecule has 0 aliphatic carbocycles. The van der Waals surface area contributed by atoms with E-state index in [-0.39, 0.29) is 0 Å². The second-order valence-electron chi connectivity index (χ2n) is 3.72. The molecule has 2 heterocycles. The van der Waals surface area contributed by atoms with Crippen LogP contribution in [0, 0.1) is 0 Å². The first-order valence-corrected chi connectivity index (χ1v) is 5.14. The van der Waals surface area contributed by atoms with Crippen LogP contribution in [0.25, 0.3) is 0 Å². The lowest BCUT2D eigenvalue weighted by Gasteiger charge is -2.35. The Morgan fingerprint density at radius 3 is 2.69 bits per heavy atom. The van der Waals surface area contributed by atoms with Crippen LogP contribution in [0.2, 0.25) is 0 Å². The van der Waals surface area contributed by atoms with Gasteiger partial charge in [-0.25, -0.2) is 0 Å². The van der Waals surface area contributed by atoms with Crippen molar-refractivity contribution in [2.45, 2.75) is 32.7 Å². The predicted octanol–water partition coefficient (Wildman–Crippen LogP) is 2.61. The van der Waals surface area contributed by atoms with Crippen LogP contribution >= 0.6 is 0 Å². The maximum atomic E-state index is 5.71. The van der Waals surface area contributed by atoms with E-state index in [4.69, 9.17) is 4.42 Å². The number of hydrogen-bond donors (Lipinski definition) is 0. The summed E-state index contributed by atoms with van der Waals surface area (Å²) in [6.45, 7) is 6.79. The Hall–Kier alpha value is -0.760. The molecule has 1 aromatic heterocycles. The fourth-order valence-electron chi connectivity index (χ4n) is 1.72. The van der Waals surface area contributed by atoms with Crippen molar-refractivity contribution < 1.29 is 4.42 Å². The van der Waals surface area contributed by atoms with Crippen LogP contribution in [-0.2, 0) is 6.42 Å². The highest BCUT2D eigenvalue weighted by molar-refractivity contribution is 5.10. The Kier molecular flexibility index (Phi) is 2.40. The summed E-state index contributed by atoms with van der Waals surface area (Å²) in [4.78, 5) is 2.44. The molecule has 1 aliphatic rings. The molecule has 0 radical (unpaired) electrons. The van der Waals surface area contributed by atoms with Crippen molar-refractivity contribution in [3.63, 3.8) is 0 Å². The fourth-order valence-corrected chi connectivity index (χ4v) is 1.72. The largest absolute Gasteiger partial charge is 0.464 e. The molecule has 1 unspecified atom stereocenters. The van der Waals surface area contributed by atoms with E-state index in [0.717, 1.165) is 17.9 Å². The number of rotatable bonds is 3. The van der Waals surface area contributed by atoms with Crippen molar-refractivity contribution in [2.24, 2.45) is 0 Å². The third-order valence-electron chi connectivity index (χ3n) is 2.88. The van der Waals surface area contributed by atoms with E-state index in [2.05, 4.69) is 30.9 Å². The molecule has 2 rings (SSSR count). The van der Waals surface area contributed by atoms with Gasteiger partial charge in [0.15, 0.2) is 0 Å². The molecule has 1 aromatic rings. The van der Waals surface area contributed by atoms with E-state index >= 15 is 0 Å². The molecule has 2 nitrogen and oxygen atoms in total. The third-order valence-corrected chi connectivity index (χ3v) is 2.88. The molecule has 0 N–H and O–H groups in total. The second-order valence-corrected chi connectivity index (χ2v) is 3.72. The average Bonchev–Trinajstić information content (AvgIpc) is 2.48. The molecular formula is C11H17NO. The van der Waals surface area contributed by atoms with Crippen LogP contribution in [0.15, 0.2) is 16.5 Å². The molecular weight excluding hydrogens is 162 g/mol. The molecule has 0 spiro atoms. The summed E-state index contributed by atoms with van der Waals surface area (Å²) in [6.07, 6.45) is 2.33. The fraction of sp³-hybridized carbons (Fsp3) is 0.636. The lowest BCUT2D eigenvalue weighted by molar-refractivity contribution is 0.113. The Morgan fingerprint density at radius 2 is 2.23 bits per heavy atom. The zero-order valence-corrected chi connectivity index (χ0v) is 8.42. The Bertz CT molecular complexity index is 275. The van der Waals surface area contributed by atoms with E-state index in [1.807, 2.05) is 0 Å². The Labute approximate surface area is 79.5 Å². The lowest BCUT2D eigenvalue weighted by Crippen LogP contribution is -2.38. The summed E-state index contributed by atoms with van der Waals surface area (Å²) >= 11 is 0. The van der Waals surface area contributed by atoms with Crippen molar-refractivity contribution in [1.82, 2.24) is 4.90 Å². The van der Waals surface area contributed by atoms with Gasteiger partial charge in [0.1, 0.15) is 11.5 Å². The molecule has 1 fully saturated rings. The molecule has 13 heavy (non-hydrogen) atoms. The maximum absolute atomic E-state index is 5.71. The van der Waals surface area contributed by atoms with Crippen molar-refractivity contribution in [3.05, 3.63) is 23.7 Å². The topological polar surface area (TPSA) is 16.4 Å². The minimum absolute atomic E-state index is 0.467. The van der Waals surface area contributed by atoms with Crippen LogP contribution in [0.5, 0.6) is 0 Å². The molecule has 1 atom stereocenters. The molecule has 0 saturated carbocycles. The maximum Gasteiger partial charge on any atom is 0.121 e. The predicted molar refractivity (Wildman–Crippen MR) is 52.7 cm³/mol. The standard InChI is InChI=1S/C11H17NO/c1-3-10-5-6-11(13-10)9(2)12-7-4-8-12/h5-6,9H,3-4,7-8H2,1-2H3. The summed E-state index contributed by atoms with van der Waals surface area (Å²) in [6, 6.07) is 4.67. The summed E-state index contributed by atoms with van der Waals surface area (Å²) in [5.41, 5.74) is 0. The number of likely N-dealkylation sites (tertiary alicyclic amines) is 1. The van der Waals surface area contributed by atoms with Gasteiger partial charge in [-0.1, -0.05) is 6.92 Å². The molecule has 72 valence electrons. The molecule has 0 aromatic carbocycles. The number of nitrogens with zero attached hydrogens (tertiary/aromatic N) is 1. The quantitative estimate of drug-likeness (QED) is 0.709. The first-order chi connectivity index (χ1) is 6.31. The Balaban J connectivity index is 2.05. The molecule has 1 aliphatic heterocycles. The van der Waals surface area contributed by atoms with E-state index in [1.54, 1.807) is 0 Å². The lowest BCUT2D eigenvalue weighted by atomic mass is 10.1. The van der Waals surface area contributed by atoms with Gasteiger partial charge in [0.2, 0.25) is 0 Å². The number of aryl methyl sites for hydroxylation is 1. The van der Waals surface area contributed by atoms with Crippen molar-refractivity contribution in [2.75, 3.05) is 13.1 Å². The van der Waals surface area contributed by atoms with Crippen molar-refractivity contribution in [1.29, 1.82) is 0 Å². The number of hydrogen-bond acceptors (Lipinski definition) is 2. The smallest absolute Gasteiger partial charge is 0.121 e. The first-order valence-electron chi connectivity index (χ1n) is 5.14. The summed E-state index contributed by atoms with van der Waals surface area (Å²) in [7, 11) is 0.